The van der Waals surface area contributed by atoms with Gasteiger partial charge >= 0.3 is 13.5 Å². The van der Waals surface area contributed by atoms with E-state index in [9.17, 15) is 14.5 Å². The number of benzene rings is 1. The van der Waals surface area contributed by atoms with Crippen molar-refractivity contribution in [2.75, 3.05) is 11.8 Å². The van der Waals surface area contributed by atoms with E-state index in [0.29, 0.717) is 26.5 Å². The standard InChI is InChI=1S/C22H27ClNO4PS/c1-14(2)24(29(27,28-7)19-9-8-16(23)12-15(19)3)18-13-17(10-11-22(4,5)6)30-20(18)21(25)26/h8-9,12-14H,1-7H3,(H,25,26). The Bertz CT molecular complexity index is 1060. The van der Waals surface area contributed by atoms with E-state index in [1.165, 1.54) is 7.11 Å². The molecule has 0 bridgehead atoms. The summed E-state index contributed by atoms with van der Waals surface area (Å²) in [6.45, 7) is 11.4. The molecule has 1 aromatic heterocycles. The first-order chi connectivity index (χ1) is 13.8. The SMILES string of the molecule is COP(=O)(c1ccc(Cl)cc1C)N(c1cc(C#CC(C)(C)C)sc1C(=O)O)C(C)C. The molecule has 0 aliphatic carbocycles. The summed E-state index contributed by atoms with van der Waals surface area (Å²) in [6.07, 6.45) is 0. The van der Waals surface area contributed by atoms with Gasteiger partial charge in [0.25, 0.3) is 0 Å². The summed E-state index contributed by atoms with van der Waals surface area (Å²) >= 11 is 7.15. The highest BCUT2D eigenvalue weighted by atomic mass is 35.5. The summed E-state index contributed by atoms with van der Waals surface area (Å²) in [7, 11) is -2.26. The van der Waals surface area contributed by atoms with Crippen molar-refractivity contribution in [1.82, 2.24) is 0 Å². The smallest absolute Gasteiger partial charge is 0.348 e. The van der Waals surface area contributed by atoms with Crippen LogP contribution in [0.4, 0.5) is 5.69 Å². The Labute approximate surface area is 187 Å². The van der Waals surface area contributed by atoms with E-state index in [2.05, 4.69) is 11.8 Å². The van der Waals surface area contributed by atoms with Crippen molar-refractivity contribution < 1.29 is 19.0 Å². The van der Waals surface area contributed by atoms with Gasteiger partial charge in [-0.3, -0.25) is 9.24 Å². The number of aryl methyl sites for hydroxylation is 1. The maximum Gasteiger partial charge on any atom is 0.348 e. The molecule has 1 aromatic carbocycles. The van der Waals surface area contributed by atoms with Crippen LogP contribution in [0.1, 0.15) is 54.7 Å². The van der Waals surface area contributed by atoms with Crippen molar-refractivity contribution in [3.63, 3.8) is 0 Å². The van der Waals surface area contributed by atoms with Gasteiger partial charge in [0.05, 0.1) is 15.9 Å². The molecule has 8 heteroatoms. The minimum Gasteiger partial charge on any atom is -0.477 e. The Hall–Kier alpha value is -1.77. The molecular formula is C22H27ClNO4PS. The number of rotatable bonds is 6. The van der Waals surface area contributed by atoms with Crippen LogP contribution < -0.4 is 9.97 Å². The van der Waals surface area contributed by atoms with Crippen molar-refractivity contribution in [3.05, 3.63) is 44.6 Å². The first kappa shape index (κ1) is 24.5. The van der Waals surface area contributed by atoms with Crippen molar-refractivity contribution in [2.24, 2.45) is 5.41 Å². The van der Waals surface area contributed by atoms with E-state index in [4.69, 9.17) is 16.1 Å². The number of carbonyl (C=O) groups is 1. The van der Waals surface area contributed by atoms with Crippen LogP contribution in [0.15, 0.2) is 24.3 Å². The van der Waals surface area contributed by atoms with E-state index in [0.717, 1.165) is 11.3 Å². The third-order valence-corrected chi connectivity index (χ3v) is 8.31. The molecular weight excluding hydrogens is 441 g/mol. The van der Waals surface area contributed by atoms with Gasteiger partial charge in [0.15, 0.2) is 0 Å². The second-order valence-corrected chi connectivity index (χ2v) is 12.0. The van der Waals surface area contributed by atoms with Gasteiger partial charge in [-0.15, -0.1) is 11.3 Å². The molecule has 1 atom stereocenters. The van der Waals surface area contributed by atoms with Crippen LogP contribution in [0, 0.1) is 24.2 Å². The molecule has 0 fully saturated rings. The van der Waals surface area contributed by atoms with Gasteiger partial charge in [0.2, 0.25) is 0 Å². The molecule has 0 radical (unpaired) electrons. The number of hydrogen-bond donors (Lipinski definition) is 1. The zero-order valence-corrected chi connectivity index (χ0v) is 20.7. The van der Waals surface area contributed by atoms with E-state index in [1.54, 1.807) is 35.9 Å². The molecule has 30 heavy (non-hydrogen) atoms. The number of thiophene rings is 1. The highest BCUT2D eigenvalue weighted by Gasteiger charge is 2.39. The fraction of sp³-hybridized carbons (Fsp3) is 0.409. The molecule has 0 spiro atoms. The maximum atomic E-state index is 14.2. The molecule has 0 saturated carbocycles. The summed E-state index contributed by atoms with van der Waals surface area (Å²) in [4.78, 5) is 12.7. The third kappa shape index (κ3) is 5.28. The molecule has 0 aliphatic rings. The summed E-state index contributed by atoms with van der Waals surface area (Å²) in [5.74, 6) is 5.07. The number of carboxylic acids is 1. The molecule has 5 nitrogen and oxygen atoms in total. The molecule has 1 unspecified atom stereocenters. The van der Waals surface area contributed by atoms with Crippen molar-refractivity contribution in [2.45, 2.75) is 47.6 Å². The lowest BCUT2D eigenvalue weighted by Crippen LogP contribution is -2.34. The van der Waals surface area contributed by atoms with Gasteiger partial charge in [0, 0.05) is 23.6 Å². The van der Waals surface area contributed by atoms with Crippen LogP contribution in [0.25, 0.3) is 0 Å². The Kier molecular flexibility index (Phi) is 7.48. The van der Waals surface area contributed by atoms with Crippen molar-refractivity contribution >= 4 is 47.4 Å². The van der Waals surface area contributed by atoms with Crippen molar-refractivity contribution in [3.8, 4) is 11.8 Å². The number of halogens is 1. The number of aromatic carboxylic acids is 1. The highest BCUT2D eigenvalue weighted by Crippen LogP contribution is 2.55. The van der Waals surface area contributed by atoms with Gasteiger partial charge in [-0.05, 0) is 71.4 Å². The molecule has 2 aromatic rings. The Morgan fingerprint density at radius 2 is 1.93 bits per heavy atom. The molecule has 0 saturated heterocycles. The predicted octanol–water partition coefficient (Wildman–Crippen LogP) is 6.19. The van der Waals surface area contributed by atoms with E-state index < -0.39 is 13.5 Å². The van der Waals surface area contributed by atoms with Gasteiger partial charge in [-0.25, -0.2) is 4.79 Å². The van der Waals surface area contributed by atoms with Crippen LogP contribution in [0.2, 0.25) is 5.02 Å². The zero-order chi connectivity index (χ0) is 22.9. The second-order valence-electron chi connectivity index (χ2n) is 8.20. The van der Waals surface area contributed by atoms with E-state index in [-0.39, 0.29) is 16.3 Å². The first-order valence-corrected chi connectivity index (χ1v) is 12.2. The number of nitrogens with zero attached hydrogens (tertiary/aromatic N) is 1. The molecule has 1 N–H and O–H groups in total. The van der Waals surface area contributed by atoms with E-state index >= 15 is 0 Å². The molecule has 2 rings (SSSR count). The highest BCUT2D eigenvalue weighted by molar-refractivity contribution is 7.68. The number of anilines is 1. The average Bonchev–Trinajstić information content (AvgIpc) is 3.03. The molecule has 162 valence electrons. The van der Waals surface area contributed by atoms with Crippen LogP contribution in [-0.2, 0) is 9.09 Å². The zero-order valence-electron chi connectivity index (χ0n) is 18.2. The van der Waals surface area contributed by atoms with Gasteiger partial charge < -0.3 is 9.63 Å². The lowest BCUT2D eigenvalue weighted by atomic mass is 9.98. The van der Waals surface area contributed by atoms with Gasteiger partial charge in [0.1, 0.15) is 4.88 Å². The fourth-order valence-electron chi connectivity index (χ4n) is 2.98. The lowest BCUT2D eigenvalue weighted by molar-refractivity contribution is 0.0703. The van der Waals surface area contributed by atoms with Crippen LogP contribution >= 0.6 is 30.5 Å². The minimum atomic E-state index is -3.63. The van der Waals surface area contributed by atoms with Crippen LogP contribution in [0.5, 0.6) is 0 Å². The van der Waals surface area contributed by atoms with E-state index in [1.807, 2.05) is 34.6 Å². The molecule has 0 amide bonds. The topological polar surface area (TPSA) is 66.8 Å². The van der Waals surface area contributed by atoms with Crippen LogP contribution in [-0.4, -0.2) is 24.2 Å². The van der Waals surface area contributed by atoms with Gasteiger partial charge in [-0.1, -0.05) is 23.4 Å². The quantitative estimate of drug-likeness (QED) is 0.405. The minimum absolute atomic E-state index is 0.0748. The Morgan fingerprint density at radius 3 is 2.40 bits per heavy atom. The summed E-state index contributed by atoms with van der Waals surface area (Å²) in [5.41, 5.74) is 0.812. The van der Waals surface area contributed by atoms with Crippen molar-refractivity contribution in [1.29, 1.82) is 0 Å². The Balaban J connectivity index is 2.74. The monoisotopic (exact) mass is 467 g/mol. The number of carboxylic acid groups (broad SMARTS) is 1. The predicted molar refractivity (Wildman–Crippen MR) is 126 cm³/mol. The largest absolute Gasteiger partial charge is 0.477 e. The maximum absolute atomic E-state index is 14.2. The lowest BCUT2D eigenvalue weighted by Gasteiger charge is -2.35. The summed E-state index contributed by atoms with van der Waals surface area (Å²) < 4.78 is 21.4. The second kappa shape index (κ2) is 9.16. The normalized spacial score (nSPS) is 13.5. The fourth-order valence-corrected chi connectivity index (χ4v) is 6.54. The number of hydrogen-bond acceptors (Lipinski definition) is 4. The third-order valence-electron chi connectivity index (χ3n) is 4.20. The van der Waals surface area contributed by atoms with Crippen LogP contribution in [0.3, 0.4) is 0 Å². The van der Waals surface area contributed by atoms with Gasteiger partial charge in [-0.2, -0.15) is 0 Å². The first-order valence-electron chi connectivity index (χ1n) is 9.42. The average molecular weight is 468 g/mol. The summed E-state index contributed by atoms with van der Waals surface area (Å²) in [5, 5.41) is 10.8. The molecule has 1 heterocycles. The summed E-state index contributed by atoms with van der Waals surface area (Å²) in [6, 6.07) is 6.42. The Morgan fingerprint density at radius 1 is 1.30 bits per heavy atom. The molecule has 0 aliphatic heterocycles.